The van der Waals surface area contributed by atoms with Crippen LogP contribution in [0.3, 0.4) is 0 Å². The van der Waals surface area contributed by atoms with Crippen molar-refractivity contribution in [2.45, 2.75) is 20.8 Å². The lowest BCUT2D eigenvalue weighted by molar-refractivity contribution is -0.137. The summed E-state index contributed by atoms with van der Waals surface area (Å²) >= 11 is 0. The van der Waals surface area contributed by atoms with Crippen LogP contribution in [-0.4, -0.2) is 44.1 Å². The van der Waals surface area contributed by atoms with Crippen LogP contribution in [0.15, 0.2) is 42.1 Å². The maximum Gasteiger partial charge on any atom is 0.278 e. The highest BCUT2D eigenvalue weighted by molar-refractivity contribution is 6.36. The van der Waals surface area contributed by atoms with Gasteiger partial charge in [0.2, 0.25) is 0 Å². The van der Waals surface area contributed by atoms with E-state index in [2.05, 4.69) is 5.32 Å². The van der Waals surface area contributed by atoms with Gasteiger partial charge >= 0.3 is 0 Å². The molecule has 6 heteroatoms. The van der Waals surface area contributed by atoms with Gasteiger partial charge in [0.1, 0.15) is 11.4 Å². The summed E-state index contributed by atoms with van der Waals surface area (Å²) in [6.45, 7) is 6.36. The van der Waals surface area contributed by atoms with Crippen molar-refractivity contribution in [3.63, 3.8) is 0 Å². The van der Waals surface area contributed by atoms with Crippen LogP contribution in [0, 0.1) is 20.8 Å². The average molecular weight is 394 g/mol. The molecule has 1 heterocycles. The number of rotatable bonds is 7. The summed E-state index contributed by atoms with van der Waals surface area (Å²) in [5.74, 6) is -0.0997. The molecular weight excluding hydrogens is 368 g/mol. The van der Waals surface area contributed by atoms with E-state index in [4.69, 9.17) is 9.47 Å². The van der Waals surface area contributed by atoms with Crippen LogP contribution in [0.1, 0.15) is 22.3 Å². The Morgan fingerprint density at radius 3 is 2.28 bits per heavy atom. The van der Waals surface area contributed by atoms with Gasteiger partial charge in [0.25, 0.3) is 11.8 Å². The molecule has 1 aliphatic rings. The minimum absolute atomic E-state index is 0.193. The molecular formula is C23H26N2O4. The van der Waals surface area contributed by atoms with Gasteiger partial charge in [-0.2, -0.15) is 0 Å². The van der Waals surface area contributed by atoms with Gasteiger partial charge in [-0.15, -0.1) is 0 Å². The lowest BCUT2D eigenvalue weighted by atomic mass is 9.97. The number of amides is 2. The van der Waals surface area contributed by atoms with E-state index >= 15 is 0 Å². The Hall–Kier alpha value is -3.12. The summed E-state index contributed by atoms with van der Waals surface area (Å²) in [5, 5.41) is 3.18. The lowest BCUT2D eigenvalue weighted by Gasteiger charge is -2.15. The Labute approximate surface area is 171 Å². The second-order valence-electron chi connectivity index (χ2n) is 7.15. The van der Waals surface area contributed by atoms with Crippen LogP contribution in [0.4, 0.5) is 5.69 Å². The van der Waals surface area contributed by atoms with Gasteiger partial charge in [0.15, 0.2) is 0 Å². The first kappa shape index (κ1) is 20.6. The van der Waals surface area contributed by atoms with Gasteiger partial charge in [-0.3, -0.25) is 14.5 Å². The molecule has 0 saturated carbocycles. The van der Waals surface area contributed by atoms with Crippen LogP contribution in [-0.2, 0) is 14.3 Å². The SMILES string of the molecule is COCCN1C(=O)C(Nc2cc(C)ccc2OC)=C(c2ccc(C)cc2C)C1=O. The van der Waals surface area contributed by atoms with Crippen molar-refractivity contribution in [1.82, 2.24) is 4.90 Å². The van der Waals surface area contributed by atoms with E-state index in [1.165, 1.54) is 4.90 Å². The topological polar surface area (TPSA) is 67.9 Å². The van der Waals surface area contributed by atoms with E-state index in [0.717, 1.165) is 22.3 Å². The number of methoxy groups -OCH3 is 2. The zero-order chi connectivity index (χ0) is 21.1. The van der Waals surface area contributed by atoms with Crippen molar-refractivity contribution in [3.05, 3.63) is 64.3 Å². The van der Waals surface area contributed by atoms with Crippen molar-refractivity contribution < 1.29 is 19.1 Å². The number of benzene rings is 2. The number of nitrogens with one attached hydrogen (secondary N) is 1. The monoisotopic (exact) mass is 394 g/mol. The van der Waals surface area contributed by atoms with Gasteiger partial charge in [-0.1, -0.05) is 29.8 Å². The number of hydrogen-bond donors (Lipinski definition) is 1. The Balaban J connectivity index is 2.13. The predicted molar refractivity (Wildman–Crippen MR) is 113 cm³/mol. The number of anilines is 1. The minimum atomic E-state index is -0.370. The first-order valence-corrected chi connectivity index (χ1v) is 9.46. The Kier molecular flexibility index (Phi) is 6.03. The van der Waals surface area contributed by atoms with E-state index in [1.54, 1.807) is 14.2 Å². The molecule has 0 unspecified atom stereocenters. The zero-order valence-electron chi connectivity index (χ0n) is 17.5. The van der Waals surface area contributed by atoms with Crippen LogP contribution in [0.25, 0.3) is 5.57 Å². The Morgan fingerprint density at radius 1 is 0.931 bits per heavy atom. The highest BCUT2D eigenvalue weighted by Crippen LogP contribution is 2.35. The zero-order valence-corrected chi connectivity index (χ0v) is 17.5. The van der Waals surface area contributed by atoms with Gasteiger partial charge in [0, 0.05) is 7.11 Å². The fourth-order valence-electron chi connectivity index (χ4n) is 3.48. The normalized spacial score (nSPS) is 14.0. The van der Waals surface area contributed by atoms with Crippen LogP contribution in [0.2, 0.25) is 0 Å². The van der Waals surface area contributed by atoms with E-state index in [-0.39, 0.29) is 30.7 Å². The average Bonchev–Trinajstić information content (AvgIpc) is 2.90. The second-order valence-corrected chi connectivity index (χ2v) is 7.15. The van der Waals surface area contributed by atoms with Crippen molar-refractivity contribution in [1.29, 1.82) is 0 Å². The third-order valence-electron chi connectivity index (χ3n) is 4.95. The van der Waals surface area contributed by atoms with E-state index in [1.807, 2.05) is 57.2 Å². The van der Waals surface area contributed by atoms with Crippen molar-refractivity contribution in [3.8, 4) is 5.75 Å². The first-order valence-electron chi connectivity index (χ1n) is 9.46. The largest absolute Gasteiger partial charge is 0.495 e. The molecule has 0 atom stereocenters. The number of nitrogens with zero attached hydrogens (tertiary/aromatic N) is 1. The van der Waals surface area contributed by atoms with Gasteiger partial charge in [-0.05, 0) is 49.6 Å². The summed E-state index contributed by atoms with van der Waals surface area (Å²) in [4.78, 5) is 27.6. The molecule has 0 aliphatic carbocycles. The van der Waals surface area contributed by atoms with Gasteiger partial charge < -0.3 is 14.8 Å². The van der Waals surface area contributed by atoms with Gasteiger partial charge in [0.05, 0.1) is 31.5 Å². The number of carbonyl (C=O) groups excluding carboxylic acids is 2. The highest BCUT2D eigenvalue weighted by atomic mass is 16.5. The molecule has 1 aliphatic heterocycles. The Bertz CT molecular complexity index is 994. The molecule has 0 bridgehead atoms. The van der Waals surface area contributed by atoms with Crippen molar-refractivity contribution in [2.24, 2.45) is 0 Å². The number of hydrogen-bond acceptors (Lipinski definition) is 5. The van der Waals surface area contributed by atoms with Crippen LogP contribution >= 0.6 is 0 Å². The first-order chi connectivity index (χ1) is 13.9. The van der Waals surface area contributed by atoms with Crippen LogP contribution < -0.4 is 10.1 Å². The smallest absolute Gasteiger partial charge is 0.278 e. The fourth-order valence-corrected chi connectivity index (χ4v) is 3.48. The molecule has 152 valence electrons. The number of imide groups is 1. The molecule has 6 nitrogen and oxygen atoms in total. The van der Waals surface area contributed by atoms with Crippen molar-refractivity contribution in [2.75, 3.05) is 32.7 Å². The Morgan fingerprint density at radius 2 is 1.62 bits per heavy atom. The van der Waals surface area contributed by atoms with E-state index in [0.29, 0.717) is 17.0 Å². The van der Waals surface area contributed by atoms with Crippen LogP contribution in [0.5, 0.6) is 5.75 Å². The van der Waals surface area contributed by atoms with E-state index < -0.39 is 0 Å². The number of ether oxygens (including phenoxy) is 2. The molecule has 0 radical (unpaired) electrons. The summed E-state index contributed by atoms with van der Waals surface area (Å²) in [6.07, 6.45) is 0. The second kappa shape index (κ2) is 8.49. The summed E-state index contributed by atoms with van der Waals surface area (Å²) in [5.41, 5.74) is 5.03. The quantitative estimate of drug-likeness (QED) is 0.729. The van der Waals surface area contributed by atoms with Crippen molar-refractivity contribution >= 4 is 23.1 Å². The third kappa shape index (κ3) is 4.03. The minimum Gasteiger partial charge on any atom is -0.495 e. The van der Waals surface area contributed by atoms with Gasteiger partial charge in [-0.25, -0.2) is 0 Å². The molecule has 3 rings (SSSR count). The fraction of sp³-hybridized carbons (Fsp3) is 0.304. The molecule has 29 heavy (non-hydrogen) atoms. The summed E-state index contributed by atoms with van der Waals surface area (Å²) < 4.78 is 10.5. The maximum atomic E-state index is 13.2. The molecule has 0 spiro atoms. The molecule has 2 aromatic carbocycles. The third-order valence-corrected chi connectivity index (χ3v) is 4.95. The maximum absolute atomic E-state index is 13.2. The summed E-state index contributed by atoms with van der Waals surface area (Å²) in [7, 11) is 3.11. The standard InChI is InChI=1S/C23H26N2O4/c1-14-6-8-17(16(3)12-14)20-21(23(27)25(22(20)26)10-11-28-4)24-18-13-15(2)7-9-19(18)29-5/h6-9,12-13,24H,10-11H2,1-5H3. The lowest BCUT2D eigenvalue weighted by Crippen LogP contribution is -2.35. The molecule has 2 aromatic rings. The molecule has 0 saturated heterocycles. The predicted octanol–water partition coefficient (Wildman–Crippen LogP) is 3.46. The molecule has 0 fully saturated rings. The number of aryl methyl sites for hydroxylation is 3. The molecule has 2 amide bonds. The molecule has 1 N–H and O–H groups in total. The molecule has 0 aromatic heterocycles. The summed E-state index contributed by atoms with van der Waals surface area (Å²) in [6, 6.07) is 11.5. The van der Waals surface area contributed by atoms with E-state index in [9.17, 15) is 9.59 Å². The highest BCUT2D eigenvalue weighted by Gasteiger charge is 2.39. The number of carbonyl (C=O) groups is 2.